The fraction of sp³-hybridized carbons (Fsp3) is 0.250. The molecular formula is C12H14N2S. The quantitative estimate of drug-likeness (QED) is 0.803. The van der Waals surface area contributed by atoms with Crippen LogP contribution in [0, 0.1) is 12.3 Å². The molecule has 0 aliphatic carbocycles. The molecule has 1 aromatic heterocycles. The van der Waals surface area contributed by atoms with Crippen LogP contribution in [0.1, 0.15) is 11.8 Å². The Labute approximate surface area is 93.3 Å². The Morgan fingerprint density at radius 3 is 2.53 bits per heavy atom. The maximum atomic E-state index is 7.86. The summed E-state index contributed by atoms with van der Waals surface area (Å²) in [5.41, 5.74) is 2.39. The van der Waals surface area contributed by atoms with E-state index in [-0.39, 0.29) is 0 Å². The van der Waals surface area contributed by atoms with Crippen LogP contribution >= 0.6 is 11.3 Å². The number of nitrogens with one attached hydrogen (secondary N) is 1. The highest BCUT2D eigenvalue weighted by molar-refractivity contribution is 7.09. The van der Waals surface area contributed by atoms with Gasteiger partial charge < -0.3 is 4.57 Å². The van der Waals surface area contributed by atoms with Crippen LogP contribution in [0.4, 0.5) is 0 Å². The summed E-state index contributed by atoms with van der Waals surface area (Å²) in [5.74, 6) is 0. The SMILES string of the molecule is CCn1c(-c2ccccc2)c(C)sc1=N. The normalized spacial score (nSPS) is 10.5. The minimum Gasteiger partial charge on any atom is -0.317 e. The lowest BCUT2D eigenvalue weighted by Gasteiger charge is -2.06. The van der Waals surface area contributed by atoms with Crippen molar-refractivity contribution in [3.05, 3.63) is 40.0 Å². The molecule has 0 unspecified atom stereocenters. The number of aromatic nitrogens is 1. The van der Waals surface area contributed by atoms with Crippen LogP contribution in [0.15, 0.2) is 30.3 Å². The Bertz CT molecular complexity index is 508. The van der Waals surface area contributed by atoms with E-state index >= 15 is 0 Å². The van der Waals surface area contributed by atoms with E-state index in [9.17, 15) is 0 Å². The summed E-state index contributed by atoms with van der Waals surface area (Å²) in [6.45, 7) is 5.02. The first-order chi connectivity index (χ1) is 7.24. The van der Waals surface area contributed by atoms with Gasteiger partial charge >= 0.3 is 0 Å². The van der Waals surface area contributed by atoms with Crippen molar-refractivity contribution in [3.8, 4) is 11.3 Å². The molecule has 3 heteroatoms. The van der Waals surface area contributed by atoms with E-state index in [4.69, 9.17) is 5.41 Å². The molecule has 1 aromatic carbocycles. The van der Waals surface area contributed by atoms with Crippen molar-refractivity contribution in [3.63, 3.8) is 0 Å². The highest BCUT2D eigenvalue weighted by atomic mass is 32.1. The van der Waals surface area contributed by atoms with Crippen LogP contribution in [0.3, 0.4) is 0 Å². The van der Waals surface area contributed by atoms with Crippen molar-refractivity contribution in [1.82, 2.24) is 4.57 Å². The molecule has 0 aliphatic heterocycles. The molecule has 15 heavy (non-hydrogen) atoms. The van der Waals surface area contributed by atoms with Gasteiger partial charge in [-0.3, -0.25) is 5.41 Å². The Kier molecular flexibility index (Phi) is 2.73. The maximum Gasteiger partial charge on any atom is 0.182 e. The molecule has 2 rings (SSSR count). The molecule has 0 radical (unpaired) electrons. The second kappa shape index (κ2) is 4.03. The average Bonchev–Trinajstić information content (AvgIpc) is 2.54. The van der Waals surface area contributed by atoms with E-state index in [0.717, 1.165) is 6.54 Å². The number of thiazole rings is 1. The lowest BCUT2D eigenvalue weighted by atomic mass is 10.1. The number of benzene rings is 1. The standard InChI is InChI=1S/C12H14N2S/c1-3-14-11(9(2)15-12(14)13)10-7-5-4-6-8-10/h4-8,13H,3H2,1-2H3. The van der Waals surface area contributed by atoms with Crippen molar-refractivity contribution in [2.75, 3.05) is 0 Å². The maximum absolute atomic E-state index is 7.86. The summed E-state index contributed by atoms with van der Waals surface area (Å²) in [7, 11) is 0. The van der Waals surface area contributed by atoms with E-state index in [1.54, 1.807) is 11.3 Å². The largest absolute Gasteiger partial charge is 0.317 e. The third-order valence-electron chi connectivity index (χ3n) is 2.46. The molecule has 1 heterocycles. The fourth-order valence-electron chi connectivity index (χ4n) is 1.80. The summed E-state index contributed by atoms with van der Waals surface area (Å²) in [4.78, 5) is 1.85. The highest BCUT2D eigenvalue weighted by Crippen LogP contribution is 2.24. The van der Waals surface area contributed by atoms with Crippen molar-refractivity contribution in [1.29, 1.82) is 5.41 Å². The average molecular weight is 218 g/mol. The van der Waals surface area contributed by atoms with Gasteiger partial charge in [0.2, 0.25) is 0 Å². The third kappa shape index (κ3) is 1.75. The Morgan fingerprint density at radius 1 is 1.27 bits per heavy atom. The Morgan fingerprint density at radius 2 is 1.93 bits per heavy atom. The summed E-state index contributed by atoms with van der Waals surface area (Å²) in [6, 6.07) is 10.3. The first kappa shape index (κ1) is 10.2. The first-order valence-electron chi connectivity index (χ1n) is 5.04. The van der Waals surface area contributed by atoms with Crippen LogP contribution in [0.25, 0.3) is 11.3 Å². The molecule has 0 bridgehead atoms. The molecule has 2 aromatic rings. The Hall–Kier alpha value is -1.35. The van der Waals surface area contributed by atoms with Crippen LogP contribution in [-0.4, -0.2) is 4.57 Å². The summed E-state index contributed by atoms with van der Waals surface area (Å²) in [6.07, 6.45) is 0. The third-order valence-corrected chi connectivity index (χ3v) is 3.38. The Balaban J connectivity index is 2.67. The highest BCUT2D eigenvalue weighted by Gasteiger charge is 2.09. The molecule has 0 saturated carbocycles. The number of aryl methyl sites for hydroxylation is 1. The van der Waals surface area contributed by atoms with E-state index < -0.39 is 0 Å². The number of hydrogen-bond donors (Lipinski definition) is 1. The second-order valence-corrected chi connectivity index (χ2v) is 4.63. The predicted molar refractivity (Wildman–Crippen MR) is 64.0 cm³/mol. The number of hydrogen-bond acceptors (Lipinski definition) is 2. The molecular weight excluding hydrogens is 204 g/mol. The van der Waals surface area contributed by atoms with E-state index in [2.05, 4.69) is 30.5 Å². The minimum atomic E-state index is 0.633. The number of rotatable bonds is 2. The molecule has 0 amide bonds. The van der Waals surface area contributed by atoms with Gasteiger partial charge in [-0.25, -0.2) is 0 Å². The van der Waals surface area contributed by atoms with Crippen LogP contribution in [0.2, 0.25) is 0 Å². The zero-order chi connectivity index (χ0) is 10.8. The molecule has 0 aliphatic rings. The second-order valence-electron chi connectivity index (χ2n) is 3.42. The van der Waals surface area contributed by atoms with Gasteiger partial charge in [0, 0.05) is 11.4 Å². The van der Waals surface area contributed by atoms with E-state index in [0.29, 0.717) is 4.80 Å². The summed E-state index contributed by atoms with van der Waals surface area (Å²) < 4.78 is 2.05. The smallest absolute Gasteiger partial charge is 0.182 e. The zero-order valence-electron chi connectivity index (χ0n) is 8.95. The lowest BCUT2D eigenvalue weighted by Crippen LogP contribution is -2.12. The van der Waals surface area contributed by atoms with Gasteiger partial charge in [-0.05, 0) is 19.4 Å². The molecule has 2 nitrogen and oxygen atoms in total. The van der Waals surface area contributed by atoms with Gasteiger partial charge in [-0.1, -0.05) is 30.3 Å². The van der Waals surface area contributed by atoms with Gasteiger partial charge in [0.1, 0.15) is 0 Å². The molecule has 1 N–H and O–H groups in total. The molecule has 0 atom stereocenters. The minimum absolute atomic E-state index is 0.633. The van der Waals surface area contributed by atoms with E-state index in [1.807, 2.05) is 18.2 Å². The van der Waals surface area contributed by atoms with Crippen LogP contribution in [0.5, 0.6) is 0 Å². The fourth-order valence-corrected chi connectivity index (χ4v) is 2.74. The van der Waals surface area contributed by atoms with Crippen molar-refractivity contribution in [2.24, 2.45) is 0 Å². The molecule has 0 fully saturated rings. The van der Waals surface area contributed by atoms with Crippen molar-refractivity contribution < 1.29 is 0 Å². The lowest BCUT2D eigenvalue weighted by molar-refractivity contribution is 0.734. The van der Waals surface area contributed by atoms with Gasteiger partial charge in [0.15, 0.2) is 4.80 Å². The topological polar surface area (TPSA) is 28.8 Å². The number of nitrogens with zero attached hydrogens (tertiary/aromatic N) is 1. The zero-order valence-corrected chi connectivity index (χ0v) is 9.77. The van der Waals surface area contributed by atoms with Crippen LogP contribution < -0.4 is 4.80 Å². The summed E-state index contributed by atoms with van der Waals surface area (Å²) in [5, 5.41) is 7.86. The van der Waals surface area contributed by atoms with Crippen molar-refractivity contribution >= 4 is 11.3 Å². The summed E-state index contributed by atoms with van der Waals surface area (Å²) >= 11 is 1.54. The van der Waals surface area contributed by atoms with Crippen molar-refractivity contribution in [2.45, 2.75) is 20.4 Å². The van der Waals surface area contributed by atoms with Crippen LogP contribution in [-0.2, 0) is 6.54 Å². The van der Waals surface area contributed by atoms with E-state index in [1.165, 1.54) is 16.1 Å². The van der Waals surface area contributed by atoms with Gasteiger partial charge in [-0.2, -0.15) is 0 Å². The molecule has 0 saturated heterocycles. The van der Waals surface area contributed by atoms with Gasteiger partial charge in [0.05, 0.1) is 5.69 Å². The first-order valence-corrected chi connectivity index (χ1v) is 5.86. The predicted octanol–water partition coefficient (Wildman–Crippen LogP) is 3.02. The molecule has 78 valence electrons. The van der Waals surface area contributed by atoms with Gasteiger partial charge in [0.25, 0.3) is 0 Å². The monoisotopic (exact) mass is 218 g/mol. The molecule has 0 spiro atoms. The van der Waals surface area contributed by atoms with Gasteiger partial charge in [-0.15, -0.1) is 11.3 Å².